The van der Waals surface area contributed by atoms with Gasteiger partial charge in [-0.2, -0.15) is 0 Å². The fourth-order valence-corrected chi connectivity index (χ4v) is 2.38. The number of rotatable bonds is 5. The molecule has 1 aromatic carbocycles. The van der Waals surface area contributed by atoms with Gasteiger partial charge in [-0.1, -0.05) is 30.3 Å². The highest BCUT2D eigenvalue weighted by atomic mass is 16.3. The molecule has 0 atom stereocenters. The molecule has 3 rings (SSSR count). The molecule has 6 heteroatoms. The van der Waals surface area contributed by atoms with E-state index in [2.05, 4.69) is 15.3 Å². The van der Waals surface area contributed by atoms with Crippen LogP contribution < -0.4 is 10.7 Å². The molecular formula is C19H17N3O3. The van der Waals surface area contributed by atoms with Crippen molar-refractivity contribution in [2.75, 3.05) is 6.54 Å². The molecule has 0 radical (unpaired) electrons. The number of hydrogen-bond donors (Lipinski definition) is 1. The van der Waals surface area contributed by atoms with Gasteiger partial charge in [0.15, 0.2) is 11.2 Å². The van der Waals surface area contributed by atoms with E-state index in [9.17, 15) is 9.59 Å². The number of carbonyl (C=O) groups is 1. The van der Waals surface area contributed by atoms with E-state index < -0.39 is 5.91 Å². The number of nitrogens with zero attached hydrogens (tertiary/aromatic N) is 2. The number of hydrogen-bond acceptors (Lipinski definition) is 5. The van der Waals surface area contributed by atoms with Gasteiger partial charge in [0.2, 0.25) is 0 Å². The van der Waals surface area contributed by atoms with Crippen molar-refractivity contribution < 1.29 is 9.21 Å². The van der Waals surface area contributed by atoms with Crippen molar-refractivity contribution in [1.29, 1.82) is 0 Å². The number of nitrogens with one attached hydrogen (secondary N) is 1. The maximum absolute atomic E-state index is 12.0. The van der Waals surface area contributed by atoms with E-state index in [4.69, 9.17) is 4.42 Å². The van der Waals surface area contributed by atoms with E-state index in [1.165, 1.54) is 12.1 Å². The van der Waals surface area contributed by atoms with Crippen LogP contribution in [0, 0.1) is 6.92 Å². The molecule has 2 aromatic heterocycles. The van der Waals surface area contributed by atoms with Crippen molar-refractivity contribution in [3.63, 3.8) is 0 Å². The van der Waals surface area contributed by atoms with Crippen LogP contribution in [0.15, 0.2) is 63.9 Å². The van der Waals surface area contributed by atoms with E-state index in [1.54, 1.807) is 13.1 Å². The van der Waals surface area contributed by atoms with Gasteiger partial charge < -0.3 is 9.73 Å². The fraction of sp³-hybridized carbons (Fsp3) is 0.158. The van der Waals surface area contributed by atoms with E-state index in [-0.39, 0.29) is 11.2 Å². The van der Waals surface area contributed by atoms with Crippen LogP contribution >= 0.6 is 0 Å². The van der Waals surface area contributed by atoms with Crippen LogP contribution in [0.1, 0.15) is 22.1 Å². The summed E-state index contributed by atoms with van der Waals surface area (Å²) in [4.78, 5) is 32.2. The second-order valence-corrected chi connectivity index (χ2v) is 5.50. The molecule has 0 unspecified atom stereocenters. The Morgan fingerprint density at radius 2 is 1.96 bits per heavy atom. The topological polar surface area (TPSA) is 85.1 Å². The number of amides is 1. The summed E-state index contributed by atoms with van der Waals surface area (Å²) in [7, 11) is 0. The number of aryl methyl sites for hydroxylation is 1. The number of benzene rings is 1. The van der Waals surface area contributed by atoms with Crippen LogP contribution in [-0.2, 0) is 6.42 Å². The van der Waals surface area contributed by atoms with E-state index in [1.807, 2.05) is 36.4 Å². The maximum Gasteiger partial charge on any atom is 0.287 e. The molecule has 0 aliphatic heterocycles. The molecule has 25 heavy (non-hydrogen) atoms. The Balaban J connectivity index is 1.62. The smallest absolute Gasteiger partial charge is 0.287 e. The lowest BCUT2D eigenvalue weighted by Gasteiger charge is -2.06. The first-order valence-corrected chi connectivity index (χ1v) is 7.89. The zero-order chi connectivity index (χ0) is 17.6. The molecule has 2 heterocycles. The van der Waals surface area contributed by atoms with Gasteiger partial charge in [0.1, 0.15) is 11.6 Å². The Morgan fingerprint density at radius 3 is 2.72 bits per heavy atom. The minimum absolute atomic E-state index is 0.00366. The Bertz CT molecular complexity index is 936. The first-order valence-electron chi connectivity index (χ1n) is 7.89. The summed E-state index contributed by atoms with van der Waals surface area (Å²) in [6, 6.07) is 14.2. The van der Waals surface area contributed by atoms with Gasteiger partial charge in [-0.25, -0.2) is 9.97 Å². The molecule has 0 aliphatic carbocycles. The van der Waals surface area contributed by atoms with Crippen LogP contribution in [0.25, 0.3) is 11.3 Å². The molecule has 0 fully saturated rings. The monoisotopic (exact) mass is 335 g/mol. The summed E-state index contributed by atoms with van der Waals surface area (Å²) >= 11 is 0. The Kier molecular flexibility index (Phi) is 4.99. The van der Waals surface area contributed by atoms with Crippen molar-refractivity contribution in [1.82, 2.24) is 15.3 Å². The van der Waals surface area contributed by atoms with Crippen LogP contribution in [0.4, 0.5) is 0 Å². The second kappa shape index (κ2) is 7.53. The van der Waals surface area contributed by atoms with Gasteiger partial charge in [0, 0.05) is 36.9 Å². The van der Waals surface area contributed by atoms with Crippen LogP contribution in [0.2, 0.25) is 0 Å². The third kappa shape index (κ3) is 4.38. The Morgan fingerprint density at radius 1 is 1.16 bits per heavy atom. The predicted molar refractivity (Wildman–Crippen MR) is 93.2 cm³/mol. The third-order valence-electron chi connectivity index (χ3n) is 3.52. The summed E-state index contributed by atoms with van der Waals surface area (Å²) in [5.41, 5.74) is 1.59. The minimum atomic E-state index is -0.431. The molecule has 0 saturated carbocycles. The van der Waals surface area contributed by atoms with Crippen molar-refractivity contribution in [3.05, 3.63) is 82.3 Å². The maximum atomic E-state index is 12.0. The molecule has 3 aromatic rings. The molecule has 126 valence electrons. The minimum Gasteiger partial charge on any atom is -0.456 e. The van der Waals surface area contributed by atoms with Crippen molar-refractivity contribution in [2.45, 2.75) is 13.3 Å². The lowest BCUT2D eigenvalue weighted by molar-refractivity contribution is 0.0922. The van der Waals surface area contributed by atoms with E-state index in [0.29, 0.717) is 24.6 Å². The highest BCUT2D eigenvalue weighted by Crippen LogP contribution is 2.15. The van der Waals surface area contributed by atoms with Crippen LogP contribution in [0.3, 0.4) is 0 Å². The summed E-state index contributed by atoms with van der Waals surface area (Å²) in [6.07, 6.45) is 2.18. The van der Waals surface area contributed by atoms with E-state index in [0.717, 1.165) is 11.3 Å². The van der Waals surface area contributed by atoms with Gasteiger partial charge in [-0.05, 0) is 13.0 Å². The van der Waals surface area contributed by atoms with Crippen molar-refractivity contribution in [3.8, 4) is 11.3 Å². The van der Waals surface area contributed by atoms with Gasteiger partial charge in [-0.3, -0.25) is 9.59 Å². The number of aromatic nitrogens is 2. The largest absolute Gasteiger partial charge is 0.456 e. The molecule has 0 spiro atoms. The lowest BCUT2D eigenvalue weighted by atomic mass is 10.1. The first-order chi connectivity index (χ1) is 12.1. The summed E-state index contributed by atoms with van der Waals surface area (Å²) < 4.78 is 5.26. The average molecular weight is 335 g/mol. The standard InChI is InChI=1S/C19H17N3O3/c1-13-11-15(23)12-17(25-13)19(24)21-10-8-18-20-9-7-16(22-18)14-5-3-2-4-6-14/h2-7,9,11-12H,8,10H2,1H3,(H,21,24). The molecule has 0 bridgehead atoms. The van der Waals surface area contributed by atoms with Gasteiger partial charge in [0.25, 0.3) is 5.91 Å². The van der Waals surface area contributed by atoms with E-state index >= 15 is 0 Å². The first kappa shape index (κ1) is 16.6. The molecule has 0 saturated heterocycles. The summed E-state index contributed by atoms with van der Waals surface area (Å²) in [6.45, 7) is 1.97. The normalized spacial score (nSPS) is 10.4. The van der Waals surface area contributed by atoms with Crippen molar-refractivity contribution in [2.24, 2.45) is 0 Å². The fourth-order valence-electron chi connectivity index (χ4n) is 2.38. The third-order valence-corrected chi connectivity index (χ3v) is 3.52. The van der Waals surface area contributed by atoms with Crippen LogP contribution in [-0.4, -0.2) is 22.4 Å². The Labute approximate surface area is 144 Å². The average Bonchev–Trinajstić information content (AvgIpc) is 2.62. The molecule has 1 amide bonds. The molecule has 6 nitrogen and oxygen atoms in total. The SMILES string of the molecule is Cc1cc(=O)cc(C(=O)NCCc2nccc(-c3ccccc3)n2)o1. The van der Waals surface area contributed by atoms with Gasteiger partial charge in [0.05, 0.1) is 5.69 Å². The summed E-state index contributed by atoms with van der Waals surface area (Å²) in [5, 5.41) is 2.71. The summed E-state index contributed by atoms with van der Waals surface area (Å²) in [5.74, 6) is 0.605. The van der Waals surface area contributed by atoms with Crippen molar-refractivity contribution >= 4 is 5.91 Å². The Hall–Kier alpha value is -3.28. The van der Waals surface area contributed by atoms with Crippen LogP contribution in [0.5, 0.6) is 0 Å². The lowest BCUT2D eigenvalue weighted by Crippen LogP contribution is -2.27. The van der Waals surface area contributed by atoms with Gasteiger partial charge in [-0.15, -0.1) is 0 Å². The second-order valence-electron chi connectivity index (χ2n) is 5.50. The number of carbonyl (C=O) groups excluding carboxylic acids is 1. The quantitative estimate of drug-likeness (QED) is 0.774. The predicted octanol–water partition coefficient (Wildman–Crippen LogP) is 2.38. The highest BCUT2D eigenvalue weighted by Gasteiger charge is 2.10. The molecule has 0 aliphatic rings. The molecular weight excluding hydrogens is 318 g/mol. The zero-order valence-corrected chi connectivity index (χ0v) is 13.7. The molecule has 1 N–H and O–H groups in total. The zero-order valence-electron chi connectivity index (χ0n) is 13.7. The van der Waals surface area contributed by atoms with Gasteiger partial charge >= 0.3 is 0 Å². The highest BCUT2D eigenvalue weighted by molar-refractivity contribution is 5.91.